The molecule has 0 saturated heterocycles. The van der Waals surface area contributed by atoms with E-state index >= 15 is 0 Å². The lowest BCUT2D eigenvalue weighted by atomic mass is 10.2. The number of hydrogen-bond donors (Lipinski definition) is 2. The average Bonchev–Trinajstić information content (AvgIpc) is 3.48. The summed E-state index contributed by atoms with van der Waals surface area (Å²) in [5.41, 5.74) is 1.32. The van der Waals surface area contributed by atoms with Gasteiger partial charge in [0.25, 0.3) is 0 Å². The molecular weight excluding hydrogens is 351 g/mol. The maximum atomic E-state index is 13.6. The quantitative estimate of drug-likeness (QED) is 0.765. The Labute approximate surface area is 155 Å². The molecule has 2 aromatic carbocycles. The van der Waals surface area contributed by atoms with E-state index in [1.807, 2.05) is 0 Å². The predicted octanol–water partition coefficient (Wildman–Crippen LogP) is 2.50. The fourth-order valence-electron chi connectivity index (χ4n) is 2.77. The Morgan fingerprint density at radius 3 is 2.37 bits per heavy atom. The van der Waals surface area contributed by atoms with Crippen molar-refractivity contribution >= 4 is 23.5 Å². The normalized spacial score (nSPS) is 17.7. The first-order valence-electron chi connectivity index (χ1n) is 8.50. The summed E-state index contributed by atoms with van der Waals surface area (Å²) in [4.78, 5) is 35.8. The van der Waals surface area contributed by atoms with Gasteiger partial charge in [-0.15, -0.1) is 0 Å². The molecule has 0 heterocycles. The van der Waals surface area contributed by atoms with E-state index in [0.29, 0.717) is 23.2 Å². The third-order valence-electron chi connectivity index (χ3n) is 4.45. The Morgan fingerprint density at radius 2 is 1.70 bits per heavy atom. The Kier molecular flexibility index (Phi) is 5.49. The number of hydrogen-bond acceptors (Lipinski definition) is 4. The molecule has 27 heavy (non-hydrogen) atoms. The van der Waals surface area contributed by atoms with Gasteiger partial charge in [0.1, 0.15) is 5.82 Å². The van der Waals surface area contributed by atoms with Gasteiger partial charge in [-0.3, -0.25) is 9.59 Å². The van der Waals surface area contributed by atoms with E-state index in [-0.39, 0.29) is 24.2 Å². The highest BCUT2D eigenvalue weighted by molar-refractivity contribution is 5.99. The van der Waals surface area contributed by atoms with E-state index in [2.05, 4.69) is 15.4 Å². The average molecular weight is 370 g/mol. The number of methoxy groups -OCH3 is 1. The van der Waals surface area contributed by atoms with Crippen LogP contribution in [0.1, 0.15) is 22.3 Å². The summed E-state index contributed by atoms with van der Waals surface area (Å²) in [5.74, 6) is -2.18. The number of rotatable bonds is 6. The molecule has 2 aromatic rings. The van der Waals surface area contributed by atoms with Gasteiger partial charge in [-0.05, 0) is 36.8 Å². The lowest BCUT2D eigenvalue weighted by Gasteiger charge is -2.07. The number of carbonyl (C=O) groups excluding carboxylic acids is 3. The zero-order valence-electron chi connectivity index (χ0n) is 14.7. The molecule has 140 valence electrons. The van der Waals surface area contributed by atoms with Crippen molar-refractivity contribution in [2.45, 2.75) is 13.0 Å². The Morgan fingerprint density at radius 1 is 1.04 bits per heavy atom. The second kappa shape index (κ2) is 7.99. The Hall–Kier alpha value is -3.22. The van der Waals surface area contributed by atoms with Crippen molar-refractivity contribution in [2.75, 3.05) is 12.4 Å². The maximum absolute atomic E-state index is 13.6. The van der Waals surface area contributed by atoms with Gasteiger partial charge in [0.05, 0.1) is 24.5 Å². The minimum atomic E-state index is -0.457. The highest BCUT2D eigenvalue weighted by Gasteiger charge is 2.47. The smallest absolute Gasteiger partial charge is 0.337 e. The van der Waals surface area contributed by atoms with Gasteiger partial charge in [0.2, 0.25) is 11.8 Å². The van der Waals surface area contributed by atoms with Crippen LogP contribution in [0.25, 0.3) is 0 Å². The summed E-state index contributed by atoms with van der Waals surface area (Å²) in [6.07, 6.45) is 0.454. The van der Waals surface area contributed by atoms with Gasteiger partial charge < -0.3 is 15.4 Å². The zero-order valence-corrected chi connectivity index (χ0v) is 14.7. The van der Waals surface area contributed by atoms with Crippen LogP contribution in [-0.2, 0) is 20.9 Å². The van der Waals surface area contributed by atoms with Gasteiger partial charge in [-0.25, -0.2) is 9.18 Å². The van der Waals surface area contributed by atoms with Crippen LogP contribution >= 0.6 is 0 Å². The third-order valence-corrected chi connectivity index (χ3v) is 4.45. The summed E-state index contributed by atoms with van der Waals surface area (Å²) < 4.78 is 18.2. The molecule has 1 fully saturated rings. The van der Waals surface area contributed by atoms with Gasteiger partial charge >= 0.3 is 5.97 Å². The van der Waals surface area contributed by atoms with Crippen LogP contribution in [0.2, 0.25) is 0 Å². The largest absolute Gasteiger partial charge is 0.465 e. The number of benzene rings is 2. The summed E-state index contributed by atoms with van der Waals surface area (Å²) in [6, 6.07) is 12.5. The lowest BCUT2D eigenvalue weighted by molar-refractivity contribution is -0.125. The summed E-state index contributed by atoms with van der Waals surface area (Å²) in [6.45, 7) is 0.0886. The first-order valence-corrected chi connectivity index (χ1v) is 8.50. The van der Waals surface area contributed by atoms with Gasteiger partial charge in [-0.1, -0.05) is 18.2 Å². The van der Waals surface area contributed by atoms with Crippen molar-refractivity contribution in [1.29, 1.82) is 0 Å². The minimum Gasteiger partial charge on any atom is -0.465 e. The molecule has 1 aliphatic rings. The fourth-order valence-corrected chi connectivity index (χ4v) is 2.77. The van der Waals surface area contributed by atoms with Crippen molar-refractivity contribution in [3.63, 3.8) is 0 Å². The van der Waals surface area contributed by atoms with Crippen LogP contribution in [0.3, 0.4) is 0 Å². The Balaban J connectivity index is 1.49. The molecule has 1 saturated carbocycles. The molecule has 1 aliphatic carbocycles. The highest BCUT2D eigenvalue weighted by Crippen LogP contribution is 2.39. The predicted molar refractivity (Wildman–Crippen MR) is 96.3 cm³/mol. The third kappa shape index (κ3) is 4.49. The molecule has 2 atom stereocenters. The number of esters is 1. The highest BCUT2D eigenvalue weighted by atomic mass is 19.1. The topological polar surface area (TPSA) is 84.5 Å². The van der Waals surface area contributed by atoms with Gasteiger partial charge in [0.15, 0.2) is 0 Å². The van der Waals surface area contributed by atoms with E-state index in [0.717, 1.165) is 0 Å². The molecule has 0 bridgehead atoms. The van der Waals surface area contributed by atoms with Gasteiger partial charge in [-0.2, -0.15) is 0 Å². The van der Waals surface area contributed by atoms with Crippen molar-refractivity contribution in [1.82, 2.24) is 5.32 Å². The SMILES string of the molecule is COC(=O)c1ccc(NC(=O)C2CC2C(=O)NCc2ccccc2F)cc1. The number of nitrogens with one attached hydrogen (secondary N) is 2. The molecule has 2 amide bonds. The molecule has 0 spiro atoms. The lowest BCUT2D eigenvalue weighted by Crippen LogP contribution is -2.27. The van der Waals surface area contributed by atoms with Crippen LogP contribution in [0.15, 0.2) is 48.5 Å². The number of ether oxygens (including phenoxy) is 1. The summed E-state index contributed by atoms with van der Waals surface area (Å²) >= 11 is 0. The van der Waals surface area contributed by atoms with Crippen LogP contribution in [-0.4, -0.2) is 24.9 Å². The molecule has 2 unspecified atom stereocenters. The first kappa shape index (κ1) is 18.6. The number of anilines is 1. The number of carbonyl (C=O) groups is 3. The first-order chi connectivity index (χ1) is 13.0. The van der Waals surface area contributed by atoms with E-state index < -0.39 is 17.8 Å². The van der Waals surface area contributed by atoms with E-state index in [9.17, 15) is 18.8 Å². The van der Waals surface area contributed by atoms with Crippen molar-refractivity contribution in [3.05, 3.63) is 65.5 Å². The monoisotopic (exact) mass is 370 g/mol. The summed E-state index contributed by atoms with van der Waals surface area (Å²) in [7, 11) is 1.29. The zero-order chi connectivity index (χ0) is 19.4. The minimum absolute atomic E-state index is 0.0886. The van der Waals surface area contributed by atoms with Crippen molar-refractivity contribution in [2.24, 2.45) is 11.8 Å². The summed E-state index contributed by atoms with van der Waals surface area (Å²) in [5, 5.41) is 5.39. The van der Waals surface area contributed by atoms with Gasteiger partial charge in [0, 0.05) is 17.8 Å². The molecule has 0 radical (unpaired) electrons. The van der Waals surface area contributed by atoms with Crippen molar-refractivity contribution in [3.8, 4) is 0 Å². The standard InChI is InChI=1S/C20H19FN2O4/c1-27-20(26)12-6-8-14(9-7-12)23-19(25)16-10-15(16)18(24)22-11-13-4-2-3-5-17(13)21/h2-9,15-16H,10-11H2,1H3,(H,22,24)(H,23,25). The molecule has 0 aromatic heterocycles. The Bertz CT molecular complexity index is 867. The van der Waals surface area contributed by atoms with Crippen LogP contribution in [0.5, 0.6) is 0 Å². The molecule has 3 rings (SSSR count). The van der Waals surface area contributed by atoms with Crippen LogP contribution in [0, 0.1) is 17.7 Å². The number of halogens is 1. The van der Waals surface area contributed by atoms with Crippen molar-refractivity contribution < 1.29 is 23.5 Å². The second-order valence-corrected chi connectivity index (χ2v) is 6.32. The van der Waals surface area contributed by atoms with E-state index in [4.69, 9.17) is 0 Å². The molecule has 0 aliphatic heterocycles. The van der Waals surface area contributed by atoms with Crippen LogP contribution in [0.4, 0.5) is 10.1 Å². The van der Waals surface area contributed by atoms with Crippen LogP contribution < -0.4 is 10.6 Å². The molecule has 2 N–H and O–H groups in total. The molecule has 7 heteroatoms. The fraction of sp³-hybridized carbons (Fsp3) is 0.250. The number of amides is 2. The van der Waals surface area contributed by atoms with E-state index in [1.165, 1.54) is 13.2 Å². The molecule has 6 nitrogen and oxygen atoms in total. The maximum Gasteiger partial charge on any atom is 0.337 e. The van der Waals surface area contributed by atoms with E-state index in [1.54, 1.807) is 42.5 Å². The molecular formula is C20H19FN2O4. The second-order valence-electron chi connectivity index (χ2n) is 6.32.